The van der Waals surface area contributed by atoms with Crippen LogP contribution < -0.4 is 15.5 Å². The van der Waals surface area contributed by atoms with Gasteiger partial charge in [0.15, 0.2) is 0 Å². The van der Waals surface area contributed by atoms with Crippen LogP contribution in [-0.4, -0.2) is 51.1 Å². The molecule has 1 aliphatic heterocycles. The summed E-state index contributed by atoms with van der Waals surface area (Å²) in [5, 5.41) is 5.47. The van der Waals surface area contributed by atoms with Gasteiger partial charge in [-0.25, -0.2) is 9.18 Å². The van der Waals surface area contributed by atoms with Crippen LogP contribution in [0.4, 0.5) is 14.9 Å². The van der Waals surface area contributed by atoms with Crippen molar-refractivity contribution < 1.29 is 18.7 Å². The molecule has 3 atom stereocenters. The van der Waals surface area contributed by atoms with Gasteiger partial charge in [-0.05, 0) is 38.5 Å². The third-order valence-corrected chi connectivity index (χ3v) is 4.02. The highest BCUT2D eigenvalue weighted by Gasteiger charge is 2.24. The zero-order chi connectivity index (χ0) is 18.4. The van der Waals surface area contributed by atoms with Crippen LogP contribution in [0.1, 0.15) is 26.3 Å². The third-order valence-electron chi connectivity index (χ3n) is 4.02. The van der Waals surface area contributed by atoms with E-state index in [2.05, 4.69) is 10.6 Å². The number of carbonyl (C=O) groups is 1. The standard InChI is InChI=1S/C18H28FN3O3/c1-12(11-24-4)21-18(23)20-8-15-5-6-17(16(19)7-15)22-9-13(2)25-14(3)10-22/h5-7,12-14H,8-11H2,1-4H3,(H2,20,21,23). The molecule has 0 spiro atoms. The Balaban J connectivity index is 1.92. The van der Waals surface area contributed by atoms with Crippen LogP contribution >= 0.6 is 0 Å². The van der Waals surface area contributed by atoms with Crippen molar-refractivity contribution in [2.75, 3.05) is 31.7 Å². The Morgan fingerprint density at radius 3 is 2.68 bits per heavy atom. The molecular formula is C18H28FN3O3. The molecular weight excluding hydrogens is 325 g/mol. The van der Waals surface area contributed by atoms with E-state index in [1.165, 1.54) is 6.07 Å². The predicted molar refractivity (Wildman–Crippen MR) is 95.3 cm³/mol. The quantitative estimate of drug-likeness (QED) is 0.824. The minimum absolute atomic E-state index is 0.0716. The molecule has 0 aromatic heterocycles. The molecule has 2 rings (SSSR count). The zero-order valence-electron chi connectivity index (χ0n) is 15.3. The number of ether oxygens (including phenoxy) is 2. The van der Waals surface area contributed by atoms with E-state index in [-0.39, 0.29) is 36.6 Å². The highest BCUT2D eigenvalue weighted by molar-refractivity contribution is 5.74. The van der Waals surface area contributed by atoms with Crippen molar-refractivity contribution in [3.05, 3.63) is 29.6 Å². The number of carbonyl (C=O) groups excluding carboxylic acids is 1. The molecule has 1 heterocycles. The zero-order valence-corrected chi connectivity index (χ0v) is 15.3. The van der Waals surface area contributed by atoms with E-state index in [1.54, 1.807) is 13.2 Å². The SMILES string of the molecule is COCC(C)NC(=O)NCc1ccc(N2CC(C)OC(C)C2)c(F)c1. The molecule has 1 aromatic rings. The topological polar surface area (TPSA) is 62.8 Å². The van der Waals surface area contributed by atoms with Gasteiger partial charge < -0.3 is 25.0 Å². The van der Waals surface area contributed by atoms with Gasteiger partial charge in [-0.15, -0.1) is 0 Å². The average Bonchev–Trinajstić information content (AvgIpc) is 2.52. The maximum atomic E-state index is 14.5. The van der Waals surface area contributed by atoms with Gasteiger partial charge in [0.05, 0.1) is 30.5 Å². The molecule has 2 amide bonds. The molecule has 0 radical (unpaired) electrons. The Hall–Kier alpha value is -1.86. The Morgan fingerprint density at radius 1 is 1.40 bits per heavy atom. The monoisotopic (exact) mass is 353 g/mol. The first kappa shape index (κ1) is 19.5. The van der Waals surface area contributed by atoms with E-state index in [4.69, 9.17) is 9.47 Å². The van der Waals surface area contributed by atoms with Crippen molar-refractivity contribution in [3.8, 4) is 0 Å². The minimum Gasteiger partial charge on any atom is -0.383 e. The summed E-state index contributed by atoms with van der Waals surface area (Å²) in [5.41, 5.74) is 1.29. The fraction of sp³-hybridized carbons (Fsp3) is 0.611. The lowest BCUT2D eigenvalue weighted by atomic mass is 10.1. The molecule has 2 N–H and O–H groups in total. The smallest absolute Gasteiger partial charge is 0.315 e. The molecule has 25 heavy (non-hydrogen) atoms. The molecule has 1 fully saturated rings. The number of nitrogens with zero attached hydrogens (tertiary/aromatic N) is 1. The van der Waals surface area contributed by atoms with Gasteiger partial charge in [-0.2, -0.15) is 0 Å². The number of rotatable bonds is 6. The van der Waals surface area contributed by atoms with Crippen LogP contribution in [0.25, 0.3) is 0 Å². The van der Waals surface area contributed by atoms with Crippen LogP contribution in [0, 0.1) is 5.82 Å². The van der Waals surface area contributed by atoms with Crippen molar-refractivity contribution in [2.45, 2.75) is 45.6 Å². The van der Waals surface area contributed by atoms with E-state index in [0.29, 0.717) is 30.9 Å². The van der Waals surface area contributed by atoms with Gasteiger partial charge in [0.25, 0.3) is 0 Å². The molecule has 3 unspecified atom stereocenters. The number of hydrogen-bond donors (Lipinski definition) is 2. The van der Waals surface area contributed by atoms with E-state index >= 15 is 0 Å². The summed E-state index contributed by atoms with van der Waals surface area (Å²) < 4.78 is 25.1. The summed E-state index contributed by atoms with van der Waals surface area (Å²) in [7, 11) is 1.58. The summed E-state index contributed by atoms with van der Waals surface area (Å²) >= 11 is 0. The second kappa shape index (κ2) is 9.01. The summed E-state index contributed by atoms with van der Waals surface area (Å²) in [6.07, 6.45) is 0.143. The highest BCUT2D eigenvalue weighted by Crippen LogP contribution is 2.24. The van der Waals surface area contributed by atoms with Gasteiger partial charge in [0, 0.05) is 26.7 Å². The molecule has 1 saturated heterocycles. The molecule has 0 bridgehead atoms. The van der Waals surface area contributed by atoms with Crippen LogP contribution in [-0.2, 0) is 16.0 Å². The fourth-order valence-electron chi connectivity index (χ4n) is 3.04. The van der Waals surface area contributed by atoms with Crippen molar-refractivity contribution in [3.63, 3.8) is 0 Å². The third kappa shape index (κ3) is 5.86. The number of benzene rings is 1. The largest absolute Gasteiger partial charge is 0.383 e. The number of amides is 2. The maximum absolute atomic E-state index is 14.5. The van der Waals surface area contributed by atoms with E-state index in [9.17, 15) is 9.18 Å². The molecule has 7 heteroatoms. The lowest BCUT2D eigenvalue weighted by molar-refractivity contribution is -0.00539. The van der Waals surface area contributed by atoms with Crippen molar-refractivity contribution >= 4 is 11.7 Å². The maximum Gasteiger partial charge on any atom is 0.315 e. The fourth-order valence-corrected chi connectivity index (χ4v) is 3.04. The first-order chi connectivity index (χ1) is 11.9. The van der Waals surface area contributed by atoms with Gasteiger partial charge >= 0.3 is 6.03 Å². The van der Waals surface area contributed by atoms with E-state index in [1.807, 2.05) is 31.7 Å². The molecule has 0 aliphatic carbocycles. The number of nitrogens with one attached hydrogen (secondary N) is 2. The van der Waals surface area contributed by atoms with Crippen LogP contribution in [0.2, 0.25) is 0 Å². The lowest BCUT2D eigenvalue weighted by Gasteiger charge is -2.37. The first-order valence-electron chi connectivity index (χ1n) is 8.61. The summed E-state index contributed by atoms with van der Waals surface area (Å²) in [6.45, 7) is 7.86. The molecule has 1 aliphatic rings. The Morgan fingerprint density at radius 2 is 2.08 bits per heavy atom. The van der Waals surface area contributed by atoms with Crippen LogP contribution in [0.5, 0.6) is 0 Å². The summed E-state index contributed by atoms with van der Waals surface area (Å²) in [4.78, 5) is 13.8. The van der Waals surface area contributed by atoms with Crippen LogP contribution in [0.15, 0.2) is 18.2 Å². The second-order valence-corrected chi connectivity index (χ2v) is 6.63. The minimum atomic E-state index is -0.301. The average molecular weight is 353 g/mol. The predicted octanol–water partition coefficient (Wildman–Crippen LogP) is 2.27. The molecule has 140 valence electrons. The molecule has 1 aromatic carbocycles. The van der Waals surface area contributed by atoms with E-state index < -0.39 is 0 Å². The van der Waals surface area contributed by atoms with Gasteiger partial charge in [0.1, 0.15) is 5.82 Å². The van der Waals surface area contributed by atoms with Gasteiger partial charge in [0.2, 0.25) is 0 Å². The second-order valence-electron chi connectivity index (χ2n) is 6.63. The van der Waals surface area contributed by atoms with Crippen LogP contribution in [0.3, 0.4) is 0 Å². The summed E-state index contributed by atoms with van der Waals surface area (Å²) in [5.74, 6) is -0.284. The molecule has 6 nitrogen and oxygen atoms in total. The van der Waals surface area contributed by atoms with Crippen molar-refractivity contribution in [1.82, 2.24) is 10.6 Å². The van der Waals surface area contributed by atoms with Gasteiger partial charge in [-0.1, -0.05) is 6.07 Å². The highest BCUT2D eigenvalue weighted by atomic mass is 19.1. The Kier molecular flexibility index (Phi) is 7.01. The Labute approximate surface area is 148 Å². The number of morpholine rings is 1. The number of hydrogen-bond acceptors (Lipinski definition) is 4. The van der Waals surface area contributed by atoms with Crippen molar-refractivity contribution in [2.24, 2.45) is 0 Å². The first-order valence-corrected chi connectivity index (χ1v) is 8.61. The lowest BCUT2D eigenvalue weighted by Crippen LogP contribution is -2.45. The number of halogens is 1. The Bertz CT molecular complexity index is 575. The normalized spacial score (nSPS) is 21.7. The van der Waals surface area contributed by atoms with Gasteiger partial charge in [-0.3, -0.25) is 0 Å². The molecule has 0 saturated carbocycles. The number of methoxy groups -OCH3 is 1. The number of anilines is 1. The van der Waals surface area contributed by atoms with Crippen molar-refractivity contribution in [1.29, 1.82) is 0 Å². The van der Waals surface area contributed by atoms with E-state index in [0.717, 1.165) is 0 Å². The summed E-state index contributed by atoms with van der Waals surface area (Å²) in [6, 6.07) is 4.68. The number of urea groups is 1.